The molecule has 8 heteroatoms. The molecule has 1 aliphatic heterocycles. The Kier molecular flexibility index (Phi) is 7.89. The molecule has 1 aliphatic rings. The molecule has 3 aromatic carbocycles. The van der Waals surface area contributed by atoms with E-state index in [2.05, 4.69) is 21.6 Å². The van der Waals surface area contributed by atoms with Crippen LogP contribution in [0.25, 0.3) is 11.0 Å². The van der Waals surface area contributed by atoms with Crippen LogP contribution in [0, 0.1) is 0 Å². The summed E-state index contributed by atoms with van der Waals surface area (Å²) in [6.45, 7) is 3.62. The highest BCUT2D eigenvalue weighted by Gasteiger charge is 2.17. The lowest BCUT2D eigenvalue weighted by molar-refractivity contribution is 0.0920. The first-order valence-electron chi connectivity index (χ1n) is 13.0. The second-order valence-corrected chi connectivity index (χ2v) is 9.45. The number of furan rings is 1. The first kappa shape index (κ1) is 25.4. The number of anilines is 2. The normalized spacial score (nSPS) is 13.8. The number of hydrogen-bond acceptors (Lipinski definition) is 6. The fourth-order valence-electron chi connectivity index (χ4n) is 4.65. The third-order valence-corrected chi connectivity index (χ3v) is 6.67. The zero-order valence-electron chi connectivity index (χ0n) is 21.2. The fourth-order valence-corrected chi connectivity index (χ4v) is 4.65. The second kappa shape index (κ2) is 11.8. The van der Waals surface area contributed by atoms with E-state index < -0.39 is 0 Å². The Morgan fingerprint density at radius 3 is 2.50 bits per heavy atom. The maximum atomic E-state index is 12.7. The van der Waals surface area contributed by atoms with Crippen molar-refractivity contribution in [2.45, 2.75) is 25.8 Å². The monoisotopic (exact) mass is 512 g/mol. The molecule has 0 atom stereocenters. The lowest BCUT2D eigenvalue weighted by Gasteiger charge is -2.26. The van der Waals surface area contributed by atoms with Crippen LogP contribution in [0.2, 0.25) is 0 Å². The Balaban J connectivity index is 1.11. The molecule has 8 nitrogen and oxygen atoms in total. The van der Waals surface area contributed by atoms with E-state index in [4.69, 9.17) is 14.9 Å². The van der Waals surface area contributed by atoms with Gasteiger partial charge in [-0.1, -0.05) is 36.8 Å². The summed E-state index contributed by atoms with van der Waals surface area (Å²) in [6.07, 6.45) is 3.75. The number of nitrogens with two attached hydrogens (primary N) is 1. The predicted molar refractivity (Wildman–Crippen MR) is 148 cm³/mol. The smallest absolute Gasteiger partial charge is 0.287 e. The number of nitrogens with zero attached hydrogens (tertiary/aromatic N) is 1. The maximum absolute atomic E-state index is 12.7. The Bertz CT molecular complexity index is 1410. The molecule has 4 N–H and O–H groups in total. The number of para-hydroxylation sites is 3. The van der Waals surface area contributed by atoms with Gasteiger partial charge in [-0.3, -0.25) is 14.5 Å². The molecule has 0 bridgehead atoms. The standard InChI is InChI=1S/C30H32N4O4/c31-25-9-2-3-10-26(25)33-29(35)21-11-13-24(14-12-21)37-18-15-32-30(36)27-19-22-7-6-8-23(28(22)38-27)20-34-16-4-1-5-17-34/h2-3,6-14,19H,1,4-5,15-18,20,31H2,(H,32,36)(H,33,35). The van der Waals surface area contributed by atoms with Gasteiger partial charge in [0.15, 0.2) is 5.76 Å². The van der Waals surface area contributed by atoms with Crippen LogP contribution in [0.5, 0.6) is 5.75 Å². The molecule has 2 heterocycles. The first-order chi connectivity index (χ1) is 18.6. The van der Waals surface area contributed by atoms with E-state index in [0.29, 0.717) is 35.0 Å². The molecule has 1 saturated heterocycles. The number of nitrogen functional groups attached to an aromatic ring is 1. The molecule has 196 valence electrons. The van der Waals surface area contributed by atoms with E-state index in [1.807, 2.05) is 24.3 Å². The molecule has 1 fully saturated rings. The van der Waals surface area contributed by atoms with E-state index in [9.17, 15) is 9.59 Å². The number of carbonyl (C=O) groups is 2. The zero-order chi connectivity index (χ0) is 26.3. The molecular weight excluding hydrogens is 480 g/mol. The summed E-state index contributed by atoms with van der Waals surface area (Å²) in [7, 11) is 0. The van der Waals surface area contributed by atoms with E-state index in [0.717, 1.165) is 36.2 Å². The van der Waals surface area contributed by atoms with Crippen LogP contribution in [0.1, 0.15) is 45.7 Å². The molecule has 1 aromatic heterocycles. The SMILES string of the molecule is Nc1ccccc1NC(=O)c1ccc(OCCNC(=O)c2cc3cccc(CN4CCCCC4)c3o2)cc1. The number of amides is 2. The summed E-state index contributed by atoms with van der Waals surface area (Å²) < 4.78 is 11.7. The van der Waals surface area contributed by atoms with E-state index >= 15 is 0 Å². The summed E-state index contributed by atoms with van der Waals surface area (Å²) in [4.78, 5) is 27.6. The minimum Gasteiger partial charge on any atom is -0.492 e. The lowest BCUT2D eigenvalue weighted by atomic mass is 10.1. The molecule has 0 aliphatic carbocycles. The van der Waals surface area contributed by atoms with Gasteiger partial charge in [-0.05, 0) is 68.4 Å². The number of nitrogens with one attached hydrogen (secondary N) is 2. The van der Waals surface area contributed by atoms with Crippen molar-refractivity contribution in [1.82, 2.24) is 10.2 Å². The molecule has 0 radical (unpaired) electrons. The number of benzene rings is 3. The average Bonchev–Trinajstić information content (AvgIpc) is 3.39. The van der Waals surface area contributed by atoms with Crippen molar-refractivity contribution in [3.8, 4) is 5.75 Å². The Hall–Kier alpha value is -4.30. The first-order valence-corrected chi connectivity index (χ1v) is 13.0. The fraction of sp³-hybridized carbons (Fsp3) is 0.267. The molecule has 0 spiro atoms. The number of piperidine rings is 1. The second-order valence-electron chi connectivity index (χ2n) is 9.45. The summed E-state index contributed by atoms with van der Waals surface area (Å²) in [5.41, 5.74) is 9.32. The number of rotatable bonds is 9. The van der Waals surface area contributed by atoms with Gasteiger partial charge in [0.2, 0.25) is 0 Å². The van der Waals surface area contributed by atoms with Gasteiger partial charge in [-0.15, -0.1) is 0 Å². The van der Waals surface area contributed by atoms with Crippen molar-refractivity contribution in [3.63, 3.8) is 0 Å². The van der Waals surface area contributed by atoms with E-state index in [1.54, 1.807) is 42.5 Å². The molecule has 2 amide bonds. The number of hydrogen-bond donors (Lipinski definition) is 3. The van der Waals surface area contributed by atoms with Crippen LogP contribution in [0.4, 0.5) is 11.4 Å². The third kappa shape index (κ3) is 6.15. The highest BCUT2D eigenvalue weighted by atomic mass is 16.5. The van der Waals surface area contributed by atoms with Gasteiger partial charge in [0.25, 0.3) is 11.8 Å². The Morgan fingerprint density at radius 1 is 0.921 bits per heavy atom. The highest BCUT2D eigenvalue weighted by Crippen LogP contribution is 2.25. The van der Waals surface area contributed by atoms with E-state index in [1.165, 1.54) is 19.3 Å². The number of fused-ring (bicyclic) bond motifs is 1. The highest BCUT2D eigenvalue weighted by molar-refractivity contribution is 6.05. The van der Waals surface area contributed by atoms with Crippen molar-refractivity contribution in [2.24, 2.45) is 0 Å². The van der Waals surface area contributed by atoms with Crippen molar-refractivity contribution in [1.29, 1.82) is 0 Å². The quantitative estimate of drug-likeness (QED) is 0.214. The molecule has 5 rings (SSSR count). The minimum absolute atomic E-state index is 0.258. The van der Waals surface area contributed by atoms with Crippen molar-refractivity contribution >= 4 is 34.2 Å². The van der Waals surface area contributed by atoms with Crippen molar-refractivity contribution in [2.75, 3.05) is 37.3 Å². The van der Waals surface area contributed by atoms with Crippen LogP contribution in [-0.4, -0.2) is 43.0 Å². The summed E-state index contributed by atoms with van der Waals surface area (Å²) in [6, 6.07) is 21.7. The van der Waals surface area contributed by atoms with Gasteiger partial charge in [0.1, 0.15) is 17.9 Å². The average molecular weight is 513 g/mol. The van der Waals surface area contributed by atoms with Crippen molar-refractivity contribution < 1.29 is 18.7 Å². The van der Waals surface area contributed by atoms with Crippen LogP contribution in [0.3, 0.4) is 0 Å². The summed E-state index contributed by atoms with van der Waals surface area (Å²) in [5, 5.41) is 6.58. The van der Waals surface area contributed by atoms with E-state index in [-0.39, 0.29) is 18.4 Å². The van der Waals surface area contributed by atoms with Crippen LogP contribution < -0.4 is 21.1 Å². The van der Waals surface area contributed by atoms with Crippen LogP contribution >= 0.6 is 0 Å². The third-order valence-electron chi connectivity index (χ3n) is 6.67. The molecule has 0 unspecified atom stereocenters. The largest absolute Gasteiger partial charge is 0.492 e. The molecule has 4 aromatic rings. The summed E-state index contributed by atoms with van der Waals surface area (Å²) in [5.74, 6) is 0.356. The molecular formula is C30H32N4O4. The Morgan fingerprint density at radius 2 is 1.71 bits per heavy atom. The number of ether oxygens (including phenoxy) is 1. The predicted octanol–water partition coefficient (Wildman–Crippen LogP) is 5.06. The van der Waals surface area contributed by atoms with Gasteiger partial charge in [-0.25, -0.2) is 0 Å². The number of carbonyl (C=O) groups excluding carboxylic acids is 2. The maximum Gasteiger partial charge on any atom is 0.287 e. The van der Waals surface area contributed by atoms with Gasteiger partial charge in [0, 0.05) is 23.1 Å². The van der Waals surface area contributed by atoms with Crippen molar-refractivity contribution in [3.05, 3.63) is 89.7 Å². The summed E-state index contributed by atoms with van der Waals surface area (Å²) >= 11 is 0. The van der Waals surface area contributed by atoms with Gasteiger partial charge >= 0.3 is 0 Å². The van der Waals surface area contributed by atoms with Gasteiger partial charge in [-0.2, -0.15) is 0 Å². The van der Waals surface area contributed by atoms with Crippen LogP contribution in [0.15, 0.2) is 77.2 Å². The van der Waals surface area contributed by atoms with Crippen LogP contribution in [-0.2, 0) is 6.54 Å². The molecule has 0 saturated carbocycles. The molecule has 38 heavy (non-hydrogen) atoms. The minimum atomic E-state index is -0.277. The topological polar surface area (TPSA) is 110 Å². The van der Waals surface area contributed by atoms with Gasteiger partial charge in [0.05, 0.1) is 17.9 Å². The number of likely N-dealkylation sites (tertiary alicyclic amines) is 1. The lowest BCUT2D eigenvalue weighted by Crippen LogP contribution is -2.29. The zero-order valence-corrected chi connectivity index (χ0v) is 21.2. The Labute approximate surface area is 221 Å². The van der Waals surface area contributed by atoms with Gasteiger partial charge < -0.3 is 25.5 Å².